The Balaban J connectivity index is 2.46. The molecule has 0 spiro atoms. The van der Waals surface area contributed by atoms with Gasteiger partial charge < -0.3 is 11.1 Å². The number of carbonyl (C=O) groups excluding carboxylic acids is 1. The molecule has 21 heavy (non-hydrogen) atoms. The molecule has 0 atom stereocenters. The van der Waals surface area contributed by atoms with E-state index in [4.69, 9.17) is 17.3 Å². The minimum absolute atomic E-state index is 0.0175. The fourth-order valence-electron chi connectivity index (χ4n) is 1.89. The highest BCUT2D eigenvalue weighted by Gasteiger charge is 2.14. The largest absolute Gasteiger partial charge is 0.397 e. The molecular weight excluding hydrogens is 312 g/mol. The number of rotatable bonds is 7. The number of benzene rings is 1. The van der Waals surface area contributed by atoms with Gasteiger partial charge in [-0.05, 0) is 30.5 Å². The molecule has 118 valence electrons. The number of nitrogens with two attached hydrogens (primary N) is 1. The Morgan fingerprint density at radius 2 is 2.05 bits per heavy atom. The van der Waals surface area contributed by atoms with Crippen LogP contribution in [0.3, 0.4) is 0 Å². The number of nitrogens with one attached hydrogen (secondary N) is 1. The summed E-state index contributed by atoms with van der Waals surface area (Å²) in [6.07, 6.45) is 0.421. The van der Waals surface area contributed by atoms with Crippen LogP contribution in [0.2, 0.25) is 5.02 Å². The highest BCUT2D eigenvalue weighted by Crippen LogP contribution is 2.23. The number of anilines is 2. The average Bonchev–Trinajstić information content (AvgIpc) is 2.31. The van der Waals surface area contributed by atoms with Crippen LogP contribution in [0.5, 0.6) is 0 Å². The predicted molar refractivity (Wildman–Crippen MR) is 87.2 cm³/mol. The second-order valence-corrected chi connectivity index (χ2v) is 8.06. The first-order valence-corrected chi connectivity index (χ1v) is 8.95. The second kappa shape index (κ2) is 7.66. The van der Waals surface area contributed by atoms with Crippen molar-refractivity contribution in [2.75, 3.05) is 22.6 Å². The summed E-state index contributed by atoms with van der Waals surface area (Å²) in [4.78, 5) is 11.8. The van der Waals surface area contributed by atoms with Crippen molar-refractivity contribution in [3.05, 3.63) is 23.2 Å². The summed E-state index contributed by atoms with van der Waals surface area (Å²) in [5.74, 6) is -0.0155. The van der Waals surface area contributed by atoms with Crippen molar-refractivity contribution in [2.45, 2.75) is 26.7 Å². The lowest BCUT2D eigenvalue weighted by Crippen LogP contribution is -2.18. The summed E-state index contributed by atoms with van der Waals surface area (Å²) in [6, 6.07) is 4.79. The maximum absolute atomic E-state index is 11.8. The van der Waals surface area contributed by atoms with Gasteiger partial charge in [0.2, 0.25) is 5.91 Å². The van der Waals surface area contributed by atoms with E-state index in [-0.39, 0.29) is 29.8 Å². The zero-order valence-corrected chi connectivity index (χ0v) is 13.8. The zero-order chi connectivity index (χ0) is 16.0. The number of hydrogen-bond donors (Lipinski definition) is 2. The van der Waals surface area contributed by atoms with Crippen LogP contribution in [0, 0.1) is 5.92 Å². The van der Waals surface area contributed by atoms with Gasteiger partial charge in [0.1, 0.15) is 0 Å². The van der Waals surface area contributed by atoms with Crippen LogP contribution in [0.4, 0.5) is 11.4 Å². The van der Waals surface area contributed by atoms with E-state index in [0.29, 0.717) is 22.8 Å². The third-order valence-electron chi connectivity index (χ3n) is 2.74. The fraction of sp³-hybridized carbons (Fsp3) is 0.500. The molecule has 1 amide bonds. The fourth-order valence-corrected chi connectivity index (χ4v) is 3.83. The Morgan fingerprint density at radius 3 is 2.67 bits per heavy atom. The molecule has 0 unspecified atom stereocenters. The summed E-state index contributed by atoms with van der Waals surface area (Å²) >= 11 is 5.83. The molecule has 0 heterocycles. The van der Waals surface area contributed by atoms with Crippen molar-refractivity contribution in [3.63, 3.8) is 0 Å². The lowest BCUT2D eigenvalue weighted by atomic mass is 10.2. The summed E-state index contributed by atoms with van der Waals surface area (Å²) in [5.41, 5.74) is 6.58. The first-order chi connectivity index (χ1) is 9.69. The Labute approximate surface area is 130 Å². The number of halogens is 1. The third kappa shape index (κ3) is 6.82. The van der Waals surface area contributed by atoms with Crippen LogP contribution in [0.15, 0.2) is 18.2 Å². The van der Waals surface area contributed by atoms with Crippen molar-refractivity contribution >= 4 is 38.7 Å². The molecule has 7 heteroatoms. The van der Waals surface area contributed by atoms with Crippen LogP contribution in [0.25, 0.3) is 0 Å². The zero-order valence-electron chi connectivity index (χ0n) is 12.2. The van der Waals surface area contributed by atoms with E-state index in [9.17, 15) is 13.2 Å². The van der Waals surface area contributed by atoms with Gasteiger partial charge in [0.15, 0.2) is 9.84 Å². The lowest BCUT2D eigenvalue weighted by Gasteiger charge is -2.09. The smallest absolute Gasteiger partial charge is 0.224 e. The van der Waals surface area contributed by atoms with E-state index in [2.05, 4.69) is 5.32 Å². The third-order valence-corrected chi connectivity index (χ3v) is 5.06. The highest BCUT2D eigenvalue weighted by atomic mass is 35.5. The van der Waals surface area contributed by atoms with Crippen LogP contribution < -0.4 is 11.1 Å². The van der Waals surface area contributed by atoms with Gasteiger partial charge in [-0.1, -0.05) is 25.4 Å². The highest BCUT2D eigenvalue weighted by molar-refractivity contribution is 7.91. The van der Waals surface area contributed by atoms with Crippen LogP contribution >= 0.6 is 11.6 Å². The molecule has 1 rings (SSSR count). The molecule has 0 saturated carbocycles. The van der Waals surface area contributed by atoms with E-state index in [1.165, 1.54) is 0 Å². The predicted octanol–water partition coefficient (Wildman–Crippen LogP) is 2.71. The molecular formula is C14H21ClN2O3S. The van der Waals surface area contributed by atoms with Gasteiger partial charge >= 0.3 is 0 Å². The van der Waals surface area contributed by atoms with Crippen molar-refractivity contribution in [2.24, 2.45) is 5.92 Å². The molecule has 0 aliphatic carbocycles. The summed E-state index contributed by atoms with van der Waals surface area (Å²) < 4.78 is 23.4. The molecule has 3 N–H and O–H groups in total. The van der Waals surface area contributed by atoms with E-state index >= 15 is 0 Å². The molecule has 5 nitrogen and oxygen atoms in total. The maximum Gasteiger partial charge on any atom is 0.224 e. The summed E-state index contributed by atoms with van der Waals surface area (Å²) in [5, 5.41) is 3.11. The molecule has 0 fully saturated rings. The molecule has 0 saturated heterocycles. The normalized spacial score (nSPS) is 11.6. The van der Waals surface area contributed by atoms with Gasteiger partial charge in [0.05, 0.1) is 22.9 Å². The standard InChI is InChI=1S/C14H21ClN2O3S/c1-10(2)9-21(19,20)7-3-4-14(18)17-13-8-11(15)5-6-12(13)16/h5-6,8,10H,3-4,7,9,16H2,1-2H3,(H,17,18). The van der Waals surface area contributed by atoms with E-state index in [0.717, 1.165) is 0 Å². The summed E-state index contributed by atoms with van der Waals surface area (Å²) in [7, 11) is -3.09. The monoisotopic (exact) mass is 332 g/mol. The number of sulfone groups is 1. The van der Waals surface area contributed by atoms with E-state index in [1.807, 2.05) is 13.8 Å². The van der Waals surface area contributed by atoms with Gasteiger partial charge in [0, 0.05) is 11.4 Å². The number of amides is 1. The Morgan fingerprint density at radius 1 is 1.38 bits per heavy atom. The van der Waals surface area contributed by atoms with E-state index in [1.54, 1.807) is 18.2 Å². The topological polar surface area (TPSA) is 89.3 Å². The van der Waals surface area contributed by atoms with Gasteiger partial charge in [0.25, 0.3) is 0 Å². The van der Waals surface area contributed by atoms with Crippen molar-refractivity contribution in [1.29, 1.82) is 0 Å². The van der Waals surface area contributed by atoms with Crippen molar-refractivity contribution in [1.82, 2.24) is 0 Å². The van der Waals surface area contributed by atoms with E-state index < -0.39 is 9.84 Å². The molecule has 0 aromatic heterocycles. The number of hydrogen-bond acceptors (Lipinski definition) is 4. The SMILES string of the molecule is CC(C)CS(=O)(=O)CCCC(=O)Nc1cc(Cl)ccc1N. The van der Waals surface area contributed by atoms with Crippen LogP contribution in [-0.2, 0) is 14.6 Å². The molecule has 0 aliphatic heterocycles. The van der Waals surface area contributed by atoms with Crippen molar-refractivity contribution in [3.8, 4) is 0 Å². The quantitative estimate of drug-likeness (QED) is 0.751. The minimum atomic E-state index is -3.09. The second-order valence-electron chi connectivity index (χ2n) is 5.39. The minimum Gasteiger partial charge on any atom is -0.397 e. The molecule has 0 bridgehead atoms. The van der Waals surface area contributed by atoms with Crippen molar-refractivity contribution < 1.29 is 13.2 Å². The molecule has 0 aliphatic rings. The average molecular weight is 333 g/mol. The Kier molecular flexibility index (Phi) is 6.48. The maximum atomic E-state index is 11.8. The van der Waals surface area contributed by atoms with Gasteiger partial charge in [-0.3, -0.25) is 4.79 Å². The van der Waals surface area contributed by atoms with Gasteiger partial charge in [-0.2, -0.15) is 0 Å². The number of nitrogen functional groups attached to an aromatic ring is 1. The summed E-state index contributed by atoms with van der Waals surface area (Å²) in [6.45, 7) is 3.71. The first kappa shape index (κ1) is 17.8. The van der Waals surface area contributed by atoms with Gasteiger partial charge in [-0.15, -0.1) is 0 Å². The Hall–Kier alpha value is -1.27. The van der Waals surface area contributed by atoms with Crippen LogP contribution in [0.1, 0.15) is 26.7 Å². The lowest BCUT2D eigenvalue weighted by molar-refractivity contribution is -0.116. The first-order valence-electron chi connectivity index (χ1n) is 6.75. The van der Waals surface area contributed by atoms with Crippen LogP contribution in [-0.4, -0.2) is 25.8 Å². The Bertz CT molecular complexity index is 600. The molecule has 1 aromatic carbocycles. The molecule has 0 radical (unpaired) electrons. The number of carbonyl (C=O) groups is 1. The van der Waals surface area contributed by atoms with Gasteiger partial charge in [-0.25, -0.2) is 8.42 Å². The molecule has 1 aromatic rings.